The first-order chi connectivity index (χ1) is 13.3. The molecule has 146 valence electrons. The summed E-state index contributed by atoms with van der Waals surface area (Å²) in [5.41, 5.74) is 2.27. The predicted octanol–water partition coefficient (Wildman–Crippen LogP) is 2.21. The molecular formula is C21H25N4O2S+. The molecule has 0 saturated heterocycles. The predicted molar refractivity (Wildman–Crippen MR) is 113 cm³/mol. The summed E-state index contributed by atoms with van der Waals surface area (Å²) in [7, 11) is 5.42. The molecule has 0 aliphatic heterocycles. The van der Waals surface area contributed by atoms with Gasteiger partial charge in [0.2, 0.25) is 0 Å². The highest BCUT2D eigenvalue weighted by atomic mass is 32.1. The number of rotatable bonds is 6. The van der Waals surface area contributed by atoms with Crippen molar-refractivity contribution in [3.8, 4) is 0 Å². The molecule has 0 radical (unpaired) electrons. The number of aromatic nitrogens is 1. The van der Waals surface area contributed by atoms with Gasteiger partial charge in [0.25, 0.3) is 11.8 Å². The average molecular weight is 398 g/mol. The van der Waals surface area contributed by atoms with Gasteiger partial charge in [-0.2, -0.15) is 0 Å². The highest BCUT2D eigenvalue weighted by Gasteiger charge is 2.22. The third kappa shape index (κ3) is 4.55. The number of carbonyl (C=O) groups excluding carboxylic acids is 2. The lowest BCUT2D eigenvalue weighted by molar-refractivity contribution is -0.902. The Hall–Kier alpha value is -2.77. The number of para-hydroxylation sites is 1. The summed E-state index contributed by atoms with van der Waals surface area (Å²) < 4.78 is 1.16. The fraction of sp³-hybridized carbons (Fsp3) is 0.286. The number of benzene rings is 2. The maximum atomic E-state index is 12.4. The Morgan fingerprint density at radius 1 is 1.14 bits per heavy atom. The van der Waals surface area contributed by atoms with E-state index in [1.54, 1.807) is 49.7 Å². The molecular weight excluding hydrogens is 372 g/mol. The van der Waals surface area contributed by atoms with Gasteiger partial charge in [0, 0.05) is 25.3 Å². The SMILES string of the molecule is C[C@@H](c1nc2ccccc2s1)[NH+](C)CC(=O)Nc1ccc(C(=O)N(C)C)cc1. The molecule has 1 heterocycles. The Morgan fingerprint density at radius 3 is 2.46 bits per heavy atom. The molecule has 0 aliphatic rings. The Morgan fingerprint density at radius 2 is 1.82 bits per heavy atom. The molecule has 2 aromatic carbocycles. The van der Waals surface area contributed by atoms with Crippen LogP contribution in [0.25, 0.3) is 10.2 Å². The molecule has 3 aromatic rings. The number of likely N-dealkylation sites (N-methyl/N-ethyl adjacent to an activating group) is 1. The summed E-state index contributed by atoms with van der Waals surface area (Å²) in [5.74, 6) is -0.135. The first-order valence-corrected chi connectivity index (χ1v) is 9.96. The minimum atomic E-state index is -0.0721. The van der Waals surface area contributed by atoms with Crippen LogP contribution in [0, 0.1) is 0 Å². The second-order valence-corrected chi connectivity index (χ2v) is 8.15. The number of carbonyl (C=O) groups is 2. The quantitative estimate of drug-likeness (QED) is 0.670. The molecule has 28 heavy (non-hydrogen) atoms. The summed E-state index contributed by atoms with van der Waals surface area (Å²) in [6.07, 6.45) is 0. The van der Waals surface area contributed by atoms with Gasteiger partial charge in [-0.3, -0.25) is 9.59 Å². The van der Waals surface area contributed by atoms with E-state index in [1.165, 1.54) is 4.90 Å². The topological polar surface area (TPSA) is 66.7 Å². The van der Waals surface area contributed by atoms with Crippen LogP contribution in [0.5, 0.6) is 0 Å². The number of thiazole rings is 1. The zero-order chi connectivity index (χ0) is 20.3. The summed E-state index contributed by atoms with van der Waals surface area (Å²) >= 11 is 1.67. The smallest absolute Gasteiger partial charge is 0.279 e. The zero-order valence-electron chi connectivity index (χ0n) is 16.5. The zero-order valence-corrected chi connectivity index (χ0v) is 17.3. The molecule has 0 saturated carbocycles. The third-order valence-electron chi connectivity index (χ3n) is 4.68. The average Bonchev–Trinajstić information content (AvgIpc) is 3.11. The largest absolute Gasteiger partial charge is 0.345 e. The van der Waals surface area contributed by atoms with Crippen LogP contribution in [0.2, 0.25) is 0 Å². The molecule has 0 bridgehead atoms. The number of anilines is 1. The van der Waals surface area contributed by atoms with Crippen molar-refractivity contribution in [1.29, 1.82) is 0 Å². The van der Waals surface area contributed by atoms with Crippen LogP contribution in [0.15, 0.2) is 48.5 Å². The van der Waals surface area contributed by atoms with Crippen LogP contribution in [0.1, 0.15) is 28.3 Å². The second kappa shape index (κ2) is 8.50. The van der Waals surface area contributed by atoms with Gasteiger partial charge in [-0.15, -0.1) is 11.3 Å². The van der Waals surface area contributed by atoms with E-state index in [2.05, 4.69) is 18.3 Å². The van der Waals surface area contributed by atoms with Gasteiger partial charge in [-0.1, -0.05) is 12.1 Å². The second-order valence-electron chi connectivity index (χ2n) is 7.09. The summed E-state index contributed by atoms with van der Waals surface area (Å²) in [6, 6.07) is 15.1. The molecule has 0 fully saturated rings. The van der Waals surface area contributed by atoms with Crippen LogP contribution in [0.3, 0.4) is 0 Å². The molecule has 3 rings (SSSR count). The van der Waals surface area contributed by atoms with Crippen LogP contribution in [-0.2, 0) is 4.79 Å². The van der Waals surface area contributed by atoms with E-state index in [-0.39, 0.29) is 17.9 Å². The Kier molecular flexibility index (Phi) is 6.06. The third-order valence-corrected chi connectivity index (χ3v) is 5.90. The van der Waals surface area contributed by atoms with Crippen molar-refractivity contribution in [1.82, 2.24) is 9.88 Å². The van der Waals surface area contributed by atoms with Crippen molar-refractivity contribution >= 4 is 39.1 Å². The Bertz CT molecular complexity index is 948. The number of fused-ring (bicyclic) bond motifs is 1. The van der Waals surface area contributed by atoms with Crippen LogP contribution in [0.4, 0.5) is 5.69 Å². The van der Waals surface area contributed by atoms with Crippen molar-refractivity contribution in [2.75, 3.05) is 33.0 Å². The first kappa shape index (κ1) is 20.0. The molecule has 0 aliphatic carbocycles. The van der Waals surface area contributed by atoms with E-state index in [4.69, 9.17) is 4.98 Å². The minimum absolute atomic E-state index is 0.0632. The van der Waals surface area contributed by atoms with Crippen LogP contribution < -0.4 is 10.2 Å². The van der Waals surface area contributed by atoms with E-state index < -0.39 is 0 Å². The number of hydrogen-bond donors (Lipinski definition) is 2. The molecule has 1 aromatic heterocycles. The highest BCUT2D eigenvalue weighted by Crippen LogP contribution is 2.24. The lowest BCUT2D eigenvalue weighted by atomic mass is 10.2. The highest BCUT2D eigenvalue weighted by molar-refractivity contribution is 7.18. The fourth-order valence-electron chi connectivity index (χ4n) is 2.85. The maximum Gasteiger partial charge on any atom is 0.279 e. The van der Waals surface area contributed by atoms with Gasteiger partial charge < -0.3 is 15.1 Å². The van der Waals surface area contributed by atoms with Crippen molar-refractivity contribution in [3.63, 3.8) is 0 Å². The fourth-order valence-corrected chi connectivity index (χ4v) is 3.96. The number of hydrogen-bond acceptors (Lipinski definition) is 4. The van der Waals surface area contributed by atoms with Crippen molar-refractivity contribution in [3.05, 3.63) is 59.1 Å². The first-order valence-electron chi connectivity index (χ1n) is 9.14. The molecule has 2 amide bonds. The van der Waals surface area contributed by atoms with Gasteiger partial charge in [-0.25, -0.2) is 4.98 Å². The van der Waals surface area contributed by atoms with Crippen molar-refractivity contribution in [2.45, 2.75) is 13.0 Å². The molecule has 7 heteroatoms. The number of amides is 2. The summed E-state index contributed by atoms with van der Waals surface area (Å²) in [5, 5.41) is 3.93. The van der Waals surface area contributed by atoms with Crippen molar-refractivity contribution in [2.24, 2.45) is 0 Å². The van der Waals surface area contributed by atoms with Gasteiger partial charge in [0.05, 0.1) is 17.3 Å². The standard InChI is InChI=1S/C21H24N4O2S/c1-14(20-23-17-7-5-6-8-18(17)28-20)25(4)13-19(26)22-16-11-9-15(10-12-16)21(27)24(2)3/h5-12,14H,13H2,1-4H3,(H,22,26)/p+1/t14-/m0/s1. The summed E-state index contributed by atoms with van der Waals surface area (Å²) in [6.45, 7) is 2.41. The lowest BCUT2D eigenvalue weighted by Crippen LogP contribution is -3.10. The van der Waals surface area contributed by atoms with E-state index in [0.29, 0.717) is 17.8 Å². The minimum Gasteiger partial charge on any atom is -0.345 e. The van der Waals surface area contributed by atoms with Crippen LogP contribution >= 0.6 is 11.3 Å². The number of nitrogens with one attached hydrogen (secondary N) is 2. The van der Waals surface area contributed by atoms with Crippen LogP contribution in [-0.4, -0.2) is 49.4 Å². The van der Waals surface area contributed by atoms with E-state index in [1.807, 2.05) is 25.2 Å². The molecule has 2 atom stereocenters. The lowest BCUT2D eigenvalue weighted by Gasteiger charge is -2.19. The maximum absolute atomic E-state index is 12.4. The Balaban J connectivity index is 1.60. The Labute approximate surface area is 168 Å². The van der Waals surface area contributed by atoms with Gasteiger partial charge in [-0.05, 0) is 43.3 Å². The molecule has 1 unspecified atom stereocenters. The number of quaternary nitrogens is 1. The molecule has 6 nitrogen and oxygen atoms in total. The van der Waals surface area contributed by atoms with Gasteiger partial charge >= 0.3 is 0 Å². The van der Waals surface area contributed by atoms with E-state index in [0.717, 1.165) is 20.1 Å². The summed E-state index contributed by atoms with van der Waals surface area (Å²) in [4.78, 5) is 31.6. The molecule has 2 N–H and O–H groups in total. The van der Waals surface area contributed by atoms with Gasteiger partial charge in [0.1, 0.15) is 6.04 Å². The molecule has 0 spiro atoms. The monoisotopic (exact) mass is 397 g/mol. The van der Waals surface area contributed by atoms with E-state index >= 15 is 0 Å². The van der Waals surface area contributed by atoms with E-state index in [9.17, 15) is 9.59 Å². The van der Waals surface area contributed by atoms with Gasteiger partial charge in [0.15, 0.2) is 11.6 Å². The number of nitrogens with zero attached hydrogens (tertiary/aromatic N) is 2. The normalized spacial score (nSPS) is 13.1. The van der Waals surface area contributed by atoms with Crippen molar-refractivity contribution < 1.29 is 14.5 Å².